The summed E-state index contributed by atoms with van der Waals surface area (Å²) in [6, 6.07) is 64.3. The molecule has 0 unspecified atom stereocenters. The number of fused-ring (bicyclic) bond motifs is 9. The molecule has 3 aliphatic rings. The molecule has 1 aliphatic carbocycles. The van der Waals surface area contributed by atoms with Crippen LogP contribution in [0.15, 0.2) is 170 Å². The summed E-state index contributed by atoms with van der Waals surface area (Å²) in [5, 5.41) is 1.34. The molecule has 0 N–H and O–H groups in total. The summed E-state index contributed by atoms with van der Waals surface area (Å²) < 4.78 is 2.68. The summed E-state index contributed by atoms with van der Waals surface area (Å²) in [7, 11) is 0. The van der Waals surface area contributed by atoms with Gasteiger partial charge in [0.1, 0.15) is 0 Å². The SMILES string of the molecule is Cc1cc2c3c(c1)-n1c4c(c5cccc(c51)B3c1ccc(N(c3ccccc3C)c3ccccc3C)cc1N2c1ccc(C(C)(C)C)cc1-c1ccccc1)-c1ccccc1C4(C)C. The number of aromatic nitrogens is 1. The highest BCUT2D eigenvalue weighted by Gasteiger charge is 2.47. The van der Waals surface area contributed by atoms with Crippen LogP contribution < -0.4 is 26.2 Å². The first-order valence-electron chi connectivity index (χ1n) is 22.9. The molecule has 0 saturated heterocycles. The van der Waals surface area contributed by atoms with Crippen LogP contribution in [0.3, 0.4) is 0 Å². The van der Waals surface area contributed by atoms with Crippen LogP contribution in [0.25, 0.3) is 38.8 Å². The number of benzene rings is 8. The van der Waals surface area contributed by atoms with E-state index < -0.39 is 0 Å². The third kappa shape index (κ3) is 5.41. The minimum Gasteiger partial charge on any atom is -0.313 e. The number of hydrogen-bond donors (Lipinski definition) is 0. The van der Waals surface area contributed by atoms with E-state index in [0.29, 0.717) is 0 Å². The zero-order valence-corrected chi connectivity index (χ0v) is 38.1. The van der Waals surface area contributed by atoms with Gasteiger partial charge in [0.05, 0.1) is 5.69 Å². The molecule has 0 saturated carbocycles. The topological polar surface area (TPSA) is 11.4 Å². The van der Waals surface area contributed by atoms with E-state index in [4.69, 9.17) is 0 Å². The van der Waals surface area contributed by atoms with E-state index in [1.807, 2.05) is 0 Å². The summed E-state index contributed by atoms with van der Waals surface area (Å²) in [5.41, 5.74) is 26.6. The van der Waals surface area contributed by atoms with Gasteiger partial charge in [-0.25, -0.2) is 0 Å². The van der Waals surface area contributed by atoms with Gasteiger partial charge in [-0.15, -0.1) is 0 Å². The Hall–Kier alpha value is -7.04. The van der Waals surface area contributed by atoms with E-state index in [1.165, 1.54) is 117 Å². The van der Waals surface area contributed by atoms with Crippen molar-refractivity contribution in [1.29, 1.82) is 0 Å². The molecule has 0 bridgehead atoms. The number of rotatable bonds is 5. The Morgan fingerprint density at radius 1 is 0.547 bits per heavy atom. The predicted molar refractivity (Wildman–Crippen MR) is 273 cm³/mol. The zero-order valence-electron chi connectivity index (χ0n) is 38.1. The van der Waals surface area contributed by atoms with Crippen molar-refractivity contribution in [2.75, 3.05) is 9.80 Å². The van der Waals surface area contributed by atoms with Crippen LogP contribution in [0, 0.1) is 20.8 Å². The third-order valence-corrected chi connectivity index (χ3v) is 14.6. The molecule has 1 aromatic heterocycles. The Morgan fingerprint density at radius 2 is 1.22 bits per heavy atom. The van der Waals surface area contributed by atoms with Gasteiger partial charge >= 0.3 is 0 Å². The fraction of sp³-hybridized carbons (Fsp3) is 0.167. The fourth-order valence-electron chi connectivity index (χ4n) is 11.6. The highest BCUT2D eigenvalue weighted by Crippen LogP contribution is 2.55. The number of aryl methyl sites for hydroxylation is 3. The van der Waals surface area contributed by atoms with Crippen molar-refractivity contribution in [3.8, 4) is 27.9 Å². The van der Waals surface area contributed by atoms with Gasteiger partial charge in [0.15, 0.2) is 0 Å². The quantitative estimate of drug-likeness (QED) is 0.160. The lowest BCUT2D eigenvalue weighted by molar-refractivity contribution is 0.590. The molecule has 64 heavy (non-hydrogen) atoms. The van der Waals surface area contributed by atoms with Crippen molar-refractivity contribution in [1.82, 2.24) is 4.57 Å². The average Bonchev–Trinajstić information content (AvgIpc) is 3.77. The molecule has 2 aliphatic heterocycles. The van der Waals surface area contributed by atoms with E-state index >= 15 is 0 Å². The number of para-hydroxylation sites is 3. The highest BCUT2D eigenvalue weighted by molar-refractivity contribution is 7.00. The van der Waals surface area contributed by atoms with Gasteiger partial charge in [-0.3, -0.25) is 0 Å². The van der Waals surface area contributed by atoms with Gasteiger partial charge in [0.2, 0.25) is 0 Å². The Kier molecular flexibility index (Phi) is 8.29. The Labute approximate surface area is 378 Å². The monoisotopic (exact) mass is 825 g/mol. The van der Waals surface area contributed by atoms with Crippen molar-refractivity contribution in [3.05, 3.63) is 203 Å². The molecule has 8 aromatic carbocycles. The molecule has 0 amide bonds. The molecule has 3 heterocycles. The summed E-state index contributed by atoms with van der Waals surface area (Å²) in [4.78, 5) is 5.09. The van der Waals surface area contributed by atoms with Crippen LogP contribution in [-0.2, 0) is 10.8 Å². The van der Waals surface area contributed by atoms with Gasteiger partial charge < -0.3 is 14.4 Å². The first-order valence-corrected chi connectivity index (χ1v) is 22.9. The maximum absolute atomic E-state index is 2.68. The second kappa shape index (κ2) is 13.7. The third-order valence-electron chi connectivity index (χ3n) is 14.6. The van der Waals surface area contributed by atoms with Crippen LogP contribution in [0.4, 0.5) is 34.1 Å². The number of hydrogen-bond acceptors (Lipinski definition) is 2. The summed E-state index contributed by atoms with van der Waals surface area (Å²) in [5.74, 6) is 0. The van der Waals surface area contributed by atoms with Gasteiger partial charge in [-0.05, 0) is 130 Å². The molecule has 4 heteroatoms. The van der Waals surface area contributed by atoms with E-state index in [1.54, 1.807) is 0 Å². The zero-order chi connectivity index (χ0) is 43.8. The molecular weight excluding hydrogens is 773 g/mol. The largest absolute Gasteiger partial charge is 0.313 e. The molecular formula is C60H52BN3. The van der Waals surface area contributed by atoms with E-state index in [2.05, 4.69) is 240 Å². The molecule has 310 valence electrons. The minimum atomic E-state index is -0.190. The molecule has 3 nitrogen and oxygen atoms in total. The lowest BCUT2D eigenvalue weighted by Gasteiger charge is -2.42. The molecule has 0 spiro atoms. The lowest BCUT2D eigenvalue weighted by Crippen LogP contribution is -2.60. The van der Waals surface area contributed by atoms with Crippen LogP contribution in [0.1, 0.15) is 68.1 Å². The Balaban J connectivity index is 1.21. The molecule has 0 atom stereocenters. The van der Waals surface area contributed by atoms with Gasteiger partial charge in [0, 0.05) is 67.3 Å². The van der Waals surface area contributed by atoms with Crippen LogP contribution in [-0.4, -0.2) is 11.3 Å². The van der Waals surface area contributed by atoms with Crippen molar-refractivity contribution in [2.24, 2.45) is 0 Å². The molecule has 0 radical (unpaired) electrons. The molecule has 12 rings (SSSR count). The number of nitrogens with zero attached hydrogens (tertiary/aromatic N) is 3. The summed E-state index contributed by atoms with van der Waals surface area (Å²) in [6.07, 6.45) is 0. The standard InChI is InChI=1S/C60H52BN3/c1-37-33-53-56-54(34-37)64-57-44(55-43-23-14-15-25-46(43)60(7,8)58(55)64)24-18-26-48(57)61(56)47-31-30-42(62(49-27-16-12-19-38(49)2)50-28-17-13-20-39(50)3)36-52(47)63(53)51-32-29-41(59(4,5)6)35-45(51)40-21-10-9-11-22-40/h9-36H,1-8H3. The maximum Gasteiger partial charge on any atom is 0.252 e. The van der Waals surface area contributed by atoms with E-state index in [-0.39, 0.29) is 17.5 Å². The first kappa shape index (κ1) is 38.6. The van der Waals surface area contributed by atoms with Crippen LogP contribution in [0.2, 0.25) is 0 Å². The Morgan fingerprint density at radius 3 is 1.94 bits per heavy atom. The van der Waals surface area contributed by atoms with Crippen molar-refractivity contribution in [3.63, 3.8) is 0 Å². The summed E-state index contributed by atoms with van der Waals surface area (Å²) in [6.45, 7) is 18.6. The average molecular weight is 826 g/mol. The number of anilines is 6. The van der Waals surface area contributed by atoms with Crippen LogP contribution in [0.5, 0.6) is 0 Å². The molecule has 9 aromatic rings. The van der Waals surface area contributed by atoms with Crippen molar-refractivity contribution >= 4 is 68.1 Å². The minimum absolute atomic E-state index is 0.0230. The second-order valence-corrected chi connectivity index (χ2v) is 20.0. The lowest BCUT2D eigenvalue weighted by atomic mass is 9.33. The van der Waals surface area contributed by atoms with Gasteiger partial charge in [-0.1, -0.05) is 156 Å². The smallest absolute Gasteiger partial charge is 0.252 e. The summed E-state index contributed by atoms with van der Waals surface area (Å²) >= 11 is 0. The van der Waals surface area contributed by atoms with Gasteiger partial charge in [0.25, 0.3) is 6.71 Å². The van der Waals surface area contributed by atoms with Crippen molar-refractivity contribution < 1.29 is 0 Å². The fourth-order valence-corrected chi connectivity index (χ4v) is 11.6. The first-order chi connectivity index (χ1) is 30.9. The van der Waals surface area contributed by atoms with E-state index in [9.17, 15) is 0 Å². The van der Waals surface area contributed by atoms with Crippen molar-refractivity contribution in [2.45, 2.75) is 66.2 Å². The normalized spacial score (nSPS) is 14.0. The second-order valence-electron chi connectivity index (χ2n) is 20.0. The highest BCUT2D eigenvalue weighted by atomic mass is 15.2. The van der Waals surface area contributed by atoms with Gasteiger partial charge in [-0.2, -0.15) is 0 Å². The maximum atomic E-state index is 2.68. The van der Waals surface area contributed by atoms with E-state index in [0.717, 1.165) is 5.69 Å². The Bertz CT molecular complexity index is 3360. The molecule has 0 fully saturated rings. The van der Waals surface area contributed by atoms with Crippen LogP contribution >= 0.6 is 0 Å². The predicted octanol–water partition coefficient (Wildman–Crippen LogP) is 13.9.